The molecule has 1 saturated carbocycles. The largest absolute Gasteiger partial charge is 0.353 e. The third-order valence-electron chi connectivity index (χ3n) is 2.93. The Bertz CT molecular complexity index is 318. The van der Waals surface area contributed by atoms with Gasteiger partial charge in [0.05, 0.1) is 0 Å². The van der Waals surface area contributed by atoms with Crippen LogP contribution < -0.4 is 5.32 Å². The van der Waals surface area contributed by atoms with Crippen molar-refractivity contribution in [2.45, 2.75) is 32.7 Å². The molecule has 0 saturated heterocycles. The molecule has 0 aliphatic heterocycles. The molecule has 1 N–H and O–H groups in total. The summed E-state index contributed by atoms with van der Waals surface area (Å²) in [4.78, 5) is 11.0. The van der Waals surface area contributed by atoms with Crippen LogP contribution in [0.2, 0.25) is 0 Å². The van der Waals surface area contributed by atoms with Crippen molar-refractivity contribution < 1.29 is 0 Å². The van der Waals surface area contributed by atoms with Crippen LogP contribution in [0, 0.1) is 6.92 Å². The number of hydrogen-bond acceptors (Lipinski definition) is 4. The Morgan fingerprint density at radius 3 is 2.62 bits per heavy atom. The molecule has 1 aromatic rings. The first-order valence-electron chi connectivity index (χ1n) is 6.06. The van der Waals surface area contributed by atoms with Crippen LogP contribution in [0.1, 0.15) is 25.3 Å². The van der Waals surface area contributed by atoms with E-state index in [1.807, 2.05) is 19.3 Å². The Morgan fingerprint density at radius 1 is 1.38 bits per heavy atom. The van der Waals surface area contributed by atoms with Gasteiger partial charge in [0.1, 0.15) is 0 Å². The van der Waals surface area contributed by atoms with Gasteiger partial charge in [0.2, 0.25) is 5.95 Å². The Hall–Kier alpha value is -1.16. The zero-order valence-corrected chi connectivity index (χ0v) is 10.1. The van der Waals surface area contributed by atoms with E-state index in [4.69, 9.17) is 0 Å². The topological polar surface area (TPSA) is 41.0 Å². The molecule has 1 aliphatic carbocycles. The predicted octanol–water partition coefficient (Wildman–Crippen LogP) is 1.68. The summed E-state index contributed by atoms with van der Waals surface area (Å²) in [6.45, 7) is 7.36. The smallest absolute Gasteiger partial charge is 0.222 e. The van der Waals surface area contributed by atoms with Gasteiger partial charge in [-0.05, 0) is 31.9 Å². The van der Waals surface area contributed by atoms with Crippen LogP contribution >= 0.6 is 0 Å². The Balaban J connectivity index is 1.72. The number of nitrogens with one attached hydrogen (secondary N) is 1. The lowest BCUT2D eigenvalue weighted by Gasteiger charge is -2.19. The minimum Gasteiger partial charge on any atom is -0.353 e. The summed E-state index contributed by atoms with van der Waals surface area (Å²) in [7, 11) is 0. The zero-order chi connectivity index (χ0) is 11.4. The van der Waals surface area contributed by atoms with Gasteiger partial charge < -0.3 is 5.32 Å². The minimum atomic E-state index is 0.734. The highest BCUT2D eigenvalue weighted by molar-refractivity contribution is 5.24. The number of likely N-dealkylation sites (N-methyl/N-ethyl adjacent to an activating group) is 1. The molecule has 0 radical (unpaired) electrons. The summed E-state index contributed by atoms with van der Waals surface area (Å²) >= 11 is 0. The molecular weight excluding hydrogens is 200 g/mol. The fourth-order valence-corrected chi connectivity index (χ4v) is 1.83. The zero-order valence-electron chi connectivity index (χ0n) is 10.1. The number of nitrogens with zero attached hydrogens (tertiary/aromatic N) is 3. The van der Waals surface area contributed by atoms with Crippen molar-refractivity contribution in [1.82, 2.24) is 14.9 Å². The van der Waals surface area contributed by atoms with E-state index in [2.05, 4.69) is 27.1 Å². The Labute approximate surface area is 97.1 Å². The van der Waals surface area contributed by atoms with Crippen LogP contribution in [0.3, 0.4) is 0 Å². The fourth-order valence-electron chi connectivity index (χ4n) is 1.83. The van der Waals surface area contributed by atoms with Gasteiger partial charge in [-0.2, -0.15) is 0 Å². The lowest BCUT2D eigenvalue weighted by molar-refractivity contribution is 0.289. The molecule has 16 heavy (non-hydrogen) atoms. The average Bonchev–Trinajstić information content (AvgIpc) is 3.11. The van der Waals surface area contributed by atoms with Crippen LogP contribution in [0.25, 0.3) is 0 Å². The molecule has 0 atom stereocenters. The van der Waals surface area contributed by atoms with E-state index in [1.54, 1.807) is 0 Å². The van der Waals surface area contributed by atoms with Crippen molar-refractivity contribution in [2.75, 3.05) is 25.0 Å². The summed E-state index contributed by atoms with van der Waals surface area (Å²) in [5.74, 6) is 0.734. The standard InChI is InChI=1S/C12H20N4/c1-3-16(11-4-5-11)7-6-13-12-14-8-10(2)9-15-12/h8-9,11H,3-7H2,1-2H3,(H,13,14,15). The highest BCUT2D eigenvalue weighted by Crippen LogP contribution is 2.25. The van der Waals surface area contributed by atoms with Crippen molar-refractivity contribution >= 4 is 5.95 Å². The van der Waals surface area contributed by atoms with Crippen molar-refractivity contribution in [3.63, 3.8) is 0 Å². The average molecular weight is 220 g/mol. The van der Waals surface area contributed by atoms with Crippen LogP contribution in [-0.4, -0.2) is 40.5 Å². The number of anilines is 1. The maximum Gasteiger partial charge on any atom is 0.222 e. The fraction of sp³-hybridized carbons (Fsp3) is 0.667. The van der Waals surface area contributed by atoms with E-state index in [-0.39, 0.29) is 0 Å². The molecule has 88 valence electrons. The minimum absolute atomic E-state index is 0.734. The maximum atomic E-state index is 4.22. The van der Waals surface area contributed by atoms with Crippen LogP contribution in [0.15, 0.2) is 12.4 Å². The summed E-state index contributed by atoms with van der Waals surface area (Å²) < 4.78 is 0. The highest BCUT2D eigenvalue weighted by Gasteiger charge is 2.27. The number of aryl methyl sites for hydroxylation is 1. The second kappa shape index (κ2) is 5.25. The normalized spacial score (nSPS) is 15.4. The van der Waals surface area contributed by atoms with Crippen molar-refractivity contribution in [3.8, 4) is 0 Å². The van der Waals surface area contributed by atoms with Gasteiger partial charge in [0, 0.05) is 31.5 Å². The second-order valence-corrected chi connectivity index (χ2v) is 4.37. The molecule has 0 bridgehead atoms. The van der Waals surface area contributed by atoms with E-state index in [0.717, 1.165) is 37.2 Å². The molecule has 1 aromatic heterocycles. The van der Waals surface area contributed by atoms with E-state index in [0.29, 0.717) is 0 Å². The summed E-state index contributed by atoms with van der Waals surface area (Å²) in [5.41, 5.74) is 1.10. The van der Waals surface area contributed by atoms with Gasteiger partial charge in [-0.3, -0.25) is 4.90 Å². The maximum absolute atomic E-state index is 4.22. The second-order valence-electron chi connectivity index (χ2n) is 4.37. The summed E-state index contributed by atoms with van der Waals surface area (Å²) in [5, 5.41) is 3.26. The predicted molar refractivity (Wildman–Crippen MR) is 65.5 cm³/mol. The number of aromatic nitrogens is 2. The van der Waals surface area contributed by atoms with Gasteiger partial charge in [0.15, 0.2) is 0 Å². The van der Waals surface area contributed by atoms with E-state index in [1.165, 1.54) is 12.8 Å². The Kier molecular flexibility index (Phi) is 3.72. The number of rotatable bonds is 6. The third-order valence-corrected chi connectivity index (χ3v) is 2.93. The molecule has 1 aliphatic rings. The molecule has 0 aromatic carbocycles. The molecule has 1 heterocycles. The summed E-state index contributed by atoms with van der Waals surface area (Å²) in [6.07, 6.45) is 6.42. The van der Waals surface area contributed by atoms with Crippen LogP contribution in [0.5, 0.6) is 0 Å². The molecule has 0 amide bonds. The molecular formula is C12H20N4. The summed E-state index contributed by atoms with van der Waals surface area (Å²) in [6, 6.07) is 0.839. The van der Waals surface area contributed by atoms with Gasteiger partial charge in [-0.25, -0.2) is 9.97 Å². The van der Waals surface area contributed by atoms with Crippen molar-refractivity contribution in [2.24, 2.45) is 0 Å². The van der Waals surface area contributed by atoms with Gasteiger partial charge in [0.25, 0.3) is 0 Å². The highest BCUT2D eigenvalue weighted by atomic mass is 15.2. The quantitative estimate of drug-likeness (QED) is 0.792. The third kappa shape index (κ3) is 3.17. The lowest BCUT2D eigenvalue weighted by atomic mass is 10.4. The SMILES string of the molecule is CCN(CCNc1ncc(C)cn1)C1CC1. The molecule has 2 rings (SSSR count). The molecule has 1 fully saturated rings. The van der Waals surface area contributed by atoms with E-state index >= 15 is 0 Å². The lowest BCUT2D eigenvalue weighted by Crippen LogP contribution is -2.31. The molecule has 4 heteroatoms. The number of hydrogen-bond donors (Lipinski definition) is 1. The first-order valence-corrected chi connectivity index (χ1v) is 6.06. The van der Waals surface area contributed by atoms with E-state index in [9.17, 15) is 0 Å². The molecule has 4 nitrogen and oxygen atoms in total. The monoisotopic (exact) mass is 220 g/mol. The van der Waals surface area contributed by atoms with Crippen molar-refractivity contribution in [1.29, 1.82) is 0 Å². The van der Waals surface area contributed by atoms with Crippen LogP contribution in [0.4, 0.5) is 5.95 Å². The first kappa shape index (κ1) is 11.3. The van der Waals surface area contributed by atoms with Gasteiger partial charge in [-0.15, -0.1) is 0 Å². The Morgan fingerprint density at radius 2 is 2.06 bits per heavy atom. The van der Waals surface area contributed by atoms with Crippen LogP contribution in [-0.2, 0) is 0 Å². The van der Waals surface area contributed by atoms with Gasteiger partial charge in [-0.1, -0.05) is 6.92 Å². The molecule has 0 unspecified atom stereocenters. The molecule has 0 spiro atoms. The van der Waals surface area contributed by atoms with E-state index < -0.39 is 0 Å². The van der Waals surface area contributed by atoms with Crippen molar-refractivity contribution in [3.05, 3.63) is 18.0 Å². The van der Waals surface area contributed by atoms with Gasteiger partial charge >= 0.3 is 0 Å². The first-order chi connectivity index (χ1) is 7.79.